The maximum atomic E-state index is 12.1. The molecule has 1 heterocycles. The Hall–Kier alpha value is -2.20. The van der Waals surface area contributed by atoms with Crippen molar-refractivity contribution in [1.82, 2.24) is 4.98 Å². The number of thiazole rings is 1. The van der Waals surface area contributed by atoms with Gasteiger partial charge >= 0.3 is 0 Å². The first kappa shape index (κ1) is 15.7. The Balaban J connectivity index is 1.60. The zero-order chi connectivity index (χ0) is 16.2. The van der Waals surface area contributed by atoms with Crippen molar-refractivity contribution in [2.45, 2.75) is 32.6 Å². The minimum absolute atomic E-state index is 0.0326. The predicted molar refractivity (Wildman–Crippen MR) is 97.1 cm³/mol. The van der Waals surface area contributed by atoms with Crippen LogP contribution in [0.15, 0.2) is 48.5 Å². The summed E-state index contributed by atoms with van der Waals surface area (Å²) in [4.78, 5) is 16.7. The van der Waals surface area contributed by atoms with Crippen molar-refractivity contribution in [3.8, 4) is 0 Å². The van der Waals surface area contributed by atoms with Gasteiger partial charge in [-0.25, -0.2) is 4.98 Å². The van der Waals surface area contributed by atoms with Crippen molar-refractivity contribution in [2.24, 2.45) is 0 Å². The first-order chi connectivity index (χ1) is 11.1. The van der Waals surface area contributed by atoms with Crippen molar-refractivity contribution in [3.05, 3.63) is 59.1 Å². The van der Waals surface area contributed by atoms with E-state index < -0.39 is 0 Å². The summed E-state index contributed by atoms with van der Waals surface area (Å²) in [7, 11) is 0. The molecule has 1 aromatic heterocycles. The molecule has 0 aliphatic carbocycles. The first-order valence-corrected chi connectivity index (χ1v) is 8.68. The minimum Gasteiger partial charge on any atom is -0.326 e. The van der Waals surface area contributed by atoms with Crippen LogP contribution >= 0.6 is 11.3 Å². The van der Waals surface area contributed by atoms with E-state index in [0.717, 1.165) is 16.2 Å². The Morgan fingerprint density at radius 2 is 2.00 bits per heavy atom. The summed E-state index contributed by atoms with van der Waals surface area (Å²) in [6, 6.07) is 16.1. The molecule has 2 aromatic carbocycles. The van der Waals surface area contributed by atoms with Gasteiger partial charge in [0.05, 0.1) is 15.2 Å². The van der Waals surface area contributed by atoms with Crippen molar-refractivity contribution in [3.63, 3.8) is 0 Å². The van der Waals surface area contributed by atoms with Gasteiger partial charge in [0.15, 0.2) is 0 Å². The number of aryl methyl sites for hydroxylation is 1. The molecule has 0 aliphatic heterocycles. The van der Waals surface area contributed by atoms with Crippen molar-refractivity contribution in [1.29, 1.82) is 0 Å². The molecule has 1 N–H and O–H groups in total. The van der Waals surface area contributed by atoms with E-state index in [-0.39, 0.29) is 5.91 Å². The largest absolute Gasteiger partial charge is 0.326 e. The van der Waals surface area contributed by atoms with Crippen molar-refractivity contribution < 1.29 is 4.79 Å². The van der Waals surface area contributed by atoms with E-state index in [1.54, 1.807) is 11.3 Å². The van der Waals surface area contributed by atoms with Crippen LogP contribution in [0, 0.1) is 0 Å². The number of anilines is 1. The van der Waals surface area contributed by atoms with E-state index in [4.69, 9.17) is 0 Å². The number of amides is 1. The highest BCUT2D eigenvalue weighted by Crippen LogP contribution is 2.23. The maximum Gasteiger partial charge on any atom is 0.224 e. The third-order valence-electron chi connectivity index (χ3n) is 3.74. The van der Waals surface area contributed by atoms with E-state index in [1.165, 1.54) is 10.3 Å². The molecule has 0 spiro atoms. The second kappa shape index (κ2) is 6.92. The number of hydrogen-bond donors (Lipinski definition) is 1. The lowest BCUT2D eigenvalue weighted by Gasteiger charge is -2.09. The molecule has 0 atom stereocenters. The Labute approximate surface area is 140 Å². The Morgan fingerprint density at radius 3 is 2.78 bits per heavy atom. The zero-order valence-corrected chi connectivity index (χ0v) is 14.2. The molecule has 0 radical (unpaired) electrons. The molecule has 118 valence electrons. The number of carbonyl (C=O) groups excluding carboxylic acids is 1. The molecule has 3 aromatic rings. The van der Waals surface area contributed by atoms with Gasteiger partial charge in [0.25, 0.3) is 0 Å². The summed E-state index contributed by atoms with van der Waals surface area (Å²) in [6.45, 7) is 4.29. The highest BCUT2D eigenvalue weighted by molar-refractivity contribution is 7.18. The number of rotatable bonds is 5. The predicted octanol–water partition coefficient (Wildman–Crippen LogP) is 4.99. The Bertz CT molecular complexity index is 790. The van der Waals surface area contributed by atoms with Crippen molar-refractivity contribution >= 4 is 33.1 Å². The van der Waals surface area contributed by atoms with Gasteiger partial charge in [0.1, 0.15) is 0 Å². The van der Waals surface area contributed by atoms with Gasteiger partial charge in [0.2, 0.25) is 5.91 Å². The van der Waals surface area contributed by atoms with Crippen LogP contribution < -0.4 is 5.32 Å². The summed E-state index contributed by atoms with van der Waals surface area (Å²) < 4.78 is 1.17. The number of para-hydroxylation sites is 1. The van der Waals surface area contributed by atoms with E-state index in [2.05, 4.69) is 36.3 Å². The third-order valence-corrected chi connectivity index (χ3v) is 4.84. The molecule has 4 heteroatoms. The number of nitrogens with one attached hydrogen (secondary N) is 1. The summed E-state index contributed by atoms with van der Waals surface area (Å²) in [5.74, 6) is 0.486. The molecule has 0 bridgehead atoms. The Morgan fingerprint density at radius 1 is 1.17 bits per heavy atom. The van der Waals surface area contributed by atoms with E-state index in [1.807, 2.05) is 36.4 Å². The van der Waals surface area contributed by atoms with Gasteiger partial charge in [-0.1, -0.05) is 38.1 Å². The first-order valence-electron chi connectivity index (χ1n) is 7.86. The summed E-state index contributed by atoms with van der Waals surface area (Å²) in [5.41, 5.74) is 3.11. The van der Waals surface area contributed by atoms with Crippen LogP contribution in [0.5, 0.6) is 0 Å². The highest BCUT2D eigenvalue weighted by Gasteiger charge is 2.08. The highest BCUT2D eigenvalue weighted by atomic mass is 32.1. The maximum absolute atomic E-state index is 12.1. The van der Waals surface area contributed by atoms with Crippen molar-refractivity contribution in [2.75, 3.05) is 5.32 Å². The van der Waals surface area contributed by atoms with Gasteiger partial charge in [-0.3, -0.25) is 4.79 Å². The molecule has 3 rings (SSSR count). The van der Waals surface area contributed by atoms with Crippen LogP contribution in [-0.2, 0) is 11.2 Å². The monoisotopic (exact) mass is 324 g/mol. The van der Waals surface area contributed by atoms with E-state index >= 15 is 0 Å². The summed E-state index contributed by atoms with van der Waals surface area (Å²) >= 11 is 1.66. The number of fused-ring (bicyclic) bond motifs is 1. The number of hydrogen-bond acceptors (Lipinski definition) is 3. The number of aromatic nitrogens is 1. The van der Waals surface area contributed by atoms with E-state index in [0.29, 0.717) is 18.8 Å². The molecule has 23 heavy (non-hydrogen) atoms. The molecule has 0 aliphatic rings. The van der Waals surface area contributed by atoms with Crippen LogP contribution in [0.2, 0.25) is 0 Å². The van der Waals surface area contributed by atoms with E-state index in [9.17, 15) is 4.79 Å². The molecule has 1 amide bonds. The van der Waals surface area contributed by atoms with Crippen LogP contribution in [0.4, 0.5) is 5.69 Å². The average molecular weight is 324 g/mol. The van der Waals surface area contributed by atoms with Crippen LogP contribution in [0.3, 0.4) is 0 Å². The lowest BCUT2D eigenvalue weighted by Crippen LogP contribution is -2.12. The van der Waals surface area contributed by atoms with Crippen LogP contribution in [0.1, 0.15) is 36.8 Å². The molecule has 3 nitrogen and oxygen atoms in total. The fraction of sp³-hybridized carbons (Fsp3) is 0.263. The van der Waals surface area contributed by atoms with Gasteiger partial charge < -0.3 is 5.32 Å². The second-order valence-corrected chi connectivity index (χ2v) is 7.02. The number of benzene rings is 2. The van der Waals surface area contributed by atoms with Gasteiger partial charge in [-0.05, 0) is 35.7 Å². The fourth-order valence-electron chi connectivity index (χ4n) is 2.45. The molecule has 0 fully saturated rings. The van der Waals surface area contributed by atoms with Crippen LogP contribution in [-0.4, -0.2) is 10.9 Å². The quantitative estimate of drug-likeness (QED) is 0.718. The summed E-state index contributed by atoms with van der Waals surface area (Å²) in [5, 5.41) is 3.99. The molecule has 0 unspecified atom stereocenters. The minimum atomic E-state index is 0.0326. The summed E-state index contributed by atoms with van der Waals surface area (Å²) in [6.07, 6.45) is 1.13. The standard InChI is InChI=1S/C19H20N2OS/c1-13(2)14-6-5-7-15(12-14)20-18(22)10-11-19-21-16-8-3-4-9-17(16)23-19/h3-9,12-13H,10-11H2,1-2H3,(H,20,22). The lowest BCUT2D eigenvalue weighted by atomic mass is 10.0. The lowest BCUT2D eigenvalue weighted by molar-refractivity contribution is -0.116. The molecular formula is C19H20N2OS. The van der Waals surface area contributed by atoms with Gasteiger partial charge in [0, 0.05) is 18.5 Å². The smallest absolute Gasteiger partial charge is 0.224 e. The SMILES string of the molecule is CC(C)c1cccc(NC(=O)CCc2nc3ccccc3s2)c1. The second-order valence-electron chi connectivity index (χ2n) is 5.90. The topological polar surface area (TPSA) is 42.0 Å². The molecular weight excluding hydrogens is 304 g/mol. The fourth-order valence-corrected chi connectivity index (χ4v) is 3.41. The zero-order valence-electron chi connectivity index (χ0n) is 13.4. The normalized spacial score (nSPS) is 11.1. The van der Waals surface area contributed by atoms with Crippen LogP contribution in [0.25, 0.3) is 10.2 Å². The average Bonchev–Trinajstić information content (AvgIpc) is 2.96. The molecule has 0 saturated heterocycles. The number of carbonyl (C=O) groups is 1. The third kappa shape index (κ3) is 3.96. The number of nitrogens with zero attached hydrogens (tertiary/aromatic N) is 1. The Kier molecular flexibility index (Phi) is 4.72. The van der Waals surface area contributed by atoms with Gasteiger partial charge in [-0.2, -0.15) is 0 Å². The molecule has 0 saturated carbocycles. The van der Waals surface area contributed by atoms with Gasteiger partial charge in [-0.15, -0.1) is 11.3 Å².